The number of halogens is 2. The highest BCUT2D eigenvalue weighted by atomic mass is 35.5. The van der Waals surface area contributed by atoms with Crippen LogP contribution in [0.25, 0.3) is 16.8 Å². The van der Waals surface area contributed by atoms with Gasteiger partial charge in [-0.15, -0.1) is 0 Å². The zero-order valence-corrected chi connectivity index (χ0v) is 13.0. The van der Waals surface area contributed by atoms with E-state index in [2.05, 4.69) is 5.10 Å². The van der Waals surface area contributed by atoms with E-state index in [-0.39, 0.29) is 11.5 Å². The number of benzene rings is 2. The van der Waals surface area contributed by atoms with Crippen molar-refractivity contribution in [3.05, 3.63) is 70.8 Å². The third-order valence-corrected chi connectivity index (χ3v) is 3.79. The highest BCUT2D eigenvalue weighted by molar-refractivity contribution is 6.33. The van der Waals surface area contributed by atoms with Crippen LogP contribution in [0.2, 0.25) is 5.02 Å². The number of carbonyl (C=O) groups is 1. The molecule has 1 heterocycles. The van der Waals surface area contributed by atoms with Crippen molar-refractivity contribution >= 4 is 17.5 Å². The molecular formula is C17H13ClFN3O. The summed E-state index contributed by atoms with van der Waals surface area (Å²) in [5.74, 6) is -0.964. The Hall–Kier alpha value is -2.66. The Balaban J connectivity index is 2.08. The van der Waals surface area contributed by atoms with E-state index < -0.39 is 5.91 Å². The second-order valence-electron chi connectivity index (χ2n) is 5.12. The smallest absolute Gasteiger partial charge is 0.269 e. The van der Waals surface area contributed by atoms with Crippen LogP contribution < -0.4 is 5.73 Å². The van der Waals surface area contributed by atoms with Gasteiger partial charge in [0.25, 0.3) is 5.91 Å². The second kappa shape index (κ2) is 5.85. The summed E-state index contributed by atoms with van der Waals surface area (Å²) in [5, 5.41) is 4.53. The van der Waals surface area contributed by atoms with Crippen LogP contribution in [0.5, 0.6) is 0 Å². The van der Waals surface area contributed by atoms with Crippen molar-refractivity contribution < 1.29 is 9.18 Å². The third kappa shape index (κ3) is 2.96. The average Bonchev–Trinajstić information content (AvgIpc) is 2.90. The molecule has 2 N–H and O–H groups in total. The number of primary amides is 1. The SMILES string of the molecule is Cc1cc(C(N)=O)nn1-c1cccc(-c2ccc(F)cc2Cl)c1. The number of hydrogen-bond acceptors (Lipinski definition) is 2. The van der Waals surface area contributed by atoms with Crippen LogP contribution in [-0.2, 0) is 0 Å². The molecule has 3 aromatic rings. The highest BCUT2D eigenvalue weighted by Gasteiger charge is 2.11. The molecule has 0 radical (unpaired) electrons. The molecule has 23 heavy (non-hydrogen) atoms. The topological polar surface area (TPSA) is 60.9 Å². The maximum Gasteiger partial charge on any atom is 0.269 e. The largest absolute Gasteiger partial charge is 0.364 e. The predicted octanol–water partition coefficient (Wildman–Crippen LogP) is 3.74. The maximum atomic E-state index is 13.2. The van der Waals surface area contributed by atoms with Crippen molar-refractivity contribution in [3.8, 4) is 16.8 Å². The summed E-state index contributed by atoms with van der Waals surface area (Å²) in [6.45, 7) is 1.83. The molecule has 3 rings (SSSR count). The fraction of sp³-hybridized carbons (Fsp3) is 0.0588. The zero-order chi connectivity index (χ0) is 16.6. The summed E-state index contributed by atoms with van der Waals surface area (Å²) >= 11 is 6.12. The lowest BCUT2D eigenvalue weighted by atomic mass is 10.0. The molecule has 116 valence electrons. The second-order valence-corrected chi connectivity index (χ2v) is 5.53. The van der Waals surface area contributed by atoms with Gasteiger partial charge in [0.15, 0.2) is 5.69 Å². The van der Waals surface area contributed by atoms with Gasteiger partial charge in [0, 0.05) is 11.3 Å². The number of carbonyl (C=O) groups excluding carboxylic acids is 1. The lowest BCUT2D eigenvalue weighted by Gasteiger charge is -2.09. The molecule has 0 unspecified atom stereocenters. The summed E-state index contributed by atoms with van der Waals surface area (Å²) in [5.41, 5.74) is 8.54. The van der Waals surface area contributed by atoms with Crippen molar-refractivity contribution in [2.75, 3.05) is 0 Å². The lowest BCUT2D eigenvalue weighted by molar-refractivity contribution is 0.0995. The van der Waals surface area contributed by atoms with E-state index in [1.165, 1.54) is 12.1 Å². The molecule has 0 fully saturated rings. The van der Waals surface area contributed by atoms with Crippen molar-refractivity contribution in [2.45, 2.75) is 6.92 Å². The quantitative estimate of drug-likeness (QED) is 0.795. The third-order valence-electron chi connectivity index (χ3n) is 3.47. The molecular weight excluding hydrogens is 317 g/mol. The lowest BCUT2D eigenvalue weighted by Crippen LogP contribution is -2.12. The molecule has 6 heteroatoms. The van der Waals surface area contributed by atoms with Crippen LogP contribution in [0, 0.1) is 12.7 Å². The molecule has 4 nitrogen and oxygen atoms in total. The first-order valence-corrected chi connectivity index (χ1v) is 7.26. The highest BCUT2D eigenvalue weighted by Crippen LogP contribution is 2.30. The first-order chi connectivity index (χ1) is 11.0. The molecule has 0 aliphatic carbocycles. The first kappa shape index (κ1) is 15.2. The van der Waals surface area contributed by atoms with Crippen LogP contribution in [0.15, 0.2) is 48.5 Å². The average molecular weight is 330 g/mol. The van der Waals surface area contributed by atoms with Gasteiger partial charge >= 0.3 is 0 Å². The number of hydrogen-bond donors (Lipinski definition) is 1. The van der Waals surface area contributed by atoms with Crippen LogP contribution in [0.3, 0.4) is 0 Å². The van der Waals surface area contributed by atoms with Crippen LogP contribution in [-0.4, -0.2) is 15.7 Å². The number of nitrogens with zero attached hydrogens (tertiary/aromatic N) is 2. The van der Waals surface area contributed by atoms with Crippen LogP contribution in [0.4, 0.5) is 4.39 Å². The molecule has 2 aromatic carbocycles. The van der Waals surface area contributed by atoms with Gasteiger partial charge in [-0.3, -0.25) is 4.79 Å². The Morgan fingerprint density at radius 1 is 1.22 bits per heavy atom. The van der Waals surface area contributed by atoms with E-state index in [1.807, 2.05) is 31.2 Å². The molecule has 0 saturated carbocycles. The zero-order valence-electron chi connectivity index (χ0n) is 12.3. The van der Waals surface area contributed by atoms with Gasteiger partial charge in [-0.2, -0.15) is 5.10 Å². The minimum atomic E-state index is -0.579. The molecule has 0 saturated heterocycles. The number of rotatable bonds is 3. The number of amides is 1. The van der Waals surface area contributed by atoms with E-state index in [4.69, 9.17) is 17.3 Å². The molecule has 0 atom stereocenters. The van der Waals surface area contributed by atoms with Gasteiger partial charge in [0.2, 0.25) is 0 Å². The molecule has 1 aromatic heterocycles. The number of aromatic nitrogens is 2. The summed E-state index contributed by atoms with van der Waals surface area (Å²) in [6, 6.07) is 13.3. The van der Waals surface area contributed by atoms with E-state index in [1.54, 1.807) is 16.8 Å². The van der Waals surface area contributed by atoms with Crippen LogP contribution >= 0.6 is 11.6 Å². The Morgan fingerprint density at radius 3 is 2.65 bits per heavy atom. The monoisotopic (exact) mass is 329 g/mol. The fourth-order valence-electron chi connectivity index (χ4n) is 2.39. The maximum absolute atomic E-state index is 13.2. The number of aryl methyl sites for hydroxylation is 1. The van der Waals surface area contributed by atoms with Gasteiger partial charge in [0.1, 0.15) is 5.82 Å². The van der Waals surface area contributed by atoms with Crippen LogP contribution in [0.1, 0.15) is 16.2 Å². The minimum Gasteiger partial charge on any atom is -0.364 e. The Kier molecular flexibility index (Phi) is 3.88. The summed E-state index contributed by atoms with van der Waals surface area (Å²) < 4.78 is 14.8. The van der Waals surface area contributed by atoms with E-state index in [9.17, 15) is 9.18 Å². The minimum absolute atomic E-state index is 0.202. The Morgan fingerprint density at radius 2 is 2.00 bits per heavy atom. The van der Waals surface area contributed by atoms with Gasteiger partial charge in [-0.05, 0) is 48.9 Å². The normalized spacial score (nSPS) is 10.7. The molecule has 1 amide bonds. The molecule has 0 aliphatic heterocycles. The Labute approximate surface area is 137 Å². The van der Waals surface area contributed by atoms with Gasteiger partial charge in [-0.1, -0.05) is 23.7 Å². The number of nitrogens with two attached hydrogens (primary N) is 1. The van der Waals surface area contributed by atoms with Gasteiger partial charge < -0.3 is 5.73 Å². The van der Waals surface area contributed by atoms with E-state index in [0.717, 1.165) is 22.5 Å². The first-order valence-electron chi connectivity index (χ1n) is 6.88. The Bertz CT molecular complexity index is 905. The fourth-order valence-corrected chi connectivity index (χ4v) is 2.66. The van der Waals surface area contributed by atoms with E-state index in [0.29, 0.717) is 5.02 Å². The predicted molar refractivity (Wildman–Crippen MR) is 87.2 cm³/mol. The molecule has 0 aliphatic rings. The van der Waals surface area contributed by atoms with Crippen molar-refractivity contribution in [2.24, 2.45) is 5.73 Å². The van der Waals surface area contributed by atoms with Gasteiger partial charge in [-0.25, -0.2) is 9.07 Å². The summed E-state index contributed by atoms with van der Waals surface area (Å²) in [6.07, 6.45) is 0. The summed E-state index contributed by atoms with van der Waals surface area (Å²) in [7, 11) is 0. The van der Waals surface area contributed by atoms with Crippen molar-refractivity contribution in [1.82, 2.24) is 9.78 Å². The molecule has 0 bridgehead atoms. The summed E-state index contributed by atoms with van der Waals surface area (Å²) in [4.78, 5) is 11.3. The van der Waals surface area contributed by atoms with E-state index >= 15 is 0 Å². The molecule has 0 spiro atoms. The standard InChI is InChI=1S/C17H13ClFN3O/c1-10-7-16(17(20)23)21-22(10)13-4-2-3-11(8-13)14-6-5-12(19)9-15(14)18/h2-9H,1H3,(H2,20,23). The van der Waals surface area contributed by atoms with Crippen molar-refractivity contribution in [3.63, 3.8) is 0 Å². The van der Waals surface area contributed by atoms with Gasteiger partial charge in [0.05, 0.1) is 10.7 Å². The van der Waals surface area contributed by atoms with Crippen molar-refractivity contribution in [1.29, 1.82) is 0 Å².